The number of esters is 2. The number of hydrogen-bond acceptors (Lipinski definition) is 7. The Hall–Kier alpha value is -2.19. The molecule has 0 saturated carbocycles. The number of ether oxygens (including phenoxy) is 2. The van der Waals surface area contributed by atoms with Crippen molar-refractivity contribution in [3.05, 3.63) is 30.9 Å². The van der Waals surface area contributed by atoms with Gasteiger partial charge < -0.3 is 24.3 Å². The molecule has 0 fully saturated rings. The molecule has 8 heteroatoms. The average Bonchev–Trinajstić information content (AvgIpc) is 3.57. The van der Waals surface area contributed by atoms with Crippen molar-refractivity contribution in [1.29, 1.82) is 0 Å². The van der Waals surface area contributed by atoms with Crippen LogP contribution in [0.15, 0.2) is 30.9 Å². The number of allylic oxidation sites excluding steroid dienone is 2. The molecule has 45 heavy (non-hydrogen) atoms. The number of rotatable bonds is 31. The summed E-state index contributed by atoms with van der Waals surface area (Å²) in [5.41, 5.74) is 0. The Morgan fingerprint density at radius 1 is 0.822 bits per heavy atom. The van der Waals surface area contributed by atoms with E-state index in [2.05, 4.69) is 59.6 Å². The van der Waals surface area contributed by atoms with Crippen LogP contribution in [-0.4, -0.2) is 72.3 Å². The number of aryl methyl sites for hydroxylation is 1. The number of nitrogens with zero attached hydrogens (tertiary/aromatic N) is 3. The van der Waals surface area contributed by atoms with E-state index in [-0.39, 0.29) is 11.9 Å². The maximum Gasteiger partial charge on any atom is 0.305 e. The summed E-state index contributed by atoms with van der Waals surface area (Å²) in [6, 6.07) is 0. The van der Waals surface area contributed by atoms with Crippen molar-refractivity contribution in [3.8, 4) is 0 Å². The lowest BCUT2D eigenvalue weighted by Gasteiger charge is -2.22. The molecule has 260 valence electrons. The quantitative estimate of drug-likeness (QED) is 0.0505. The summed E-state index contributed by atoms with van der Waals surface area (Å²) in [4.78, 5) is 30.9. The van der Waals surface area contributed by atoms with Gasteiger partial charge in [-0.05, 0) is 82.8 Å². The molecule has 0 aliphatic rings. The van der Waals surface area contributed by atoms with E-state index < -0.39 is 0 Å². The van der Waals surface area contributed by atoms with Crippen LogP contribution in [0.25, 0.3) is 0 Å². The Morgan fingerprint density at radius 2 is 1.56 bits per heavy atom. The summed E-state index contributed by atoms with van der Waals surface area (Å²) in [6.07, 6.45) is 26.2. The maximum absolute atomic E-state index is 12.1. The Kier molecular flexibility index (Phi) is 26.5. The molecule has 0 radical (unpaired) electrons. The molecule has 2 unspecified atom stereocenters. The van der Waals surface area contributed by atoms with Gasteiger partial charge in [-0.2, -0.15) is 0 Å². The van der Waals surface area contributed by atoms with Gasteiger partial charge in [0, 0.05) is 44.9 Å². The van der Waals surface area contributed by atoms with Gasteiger partial charge in [-0.15, -0.1) is 0 Å². The molecule has 8 nitrogen and oxygen atoms in total. The predicted octanol–water partition coefficient (Wildman–Crippen LogP) is 7.97. The average molecular weight is 633 g/mol. The van der Waals surface area contributed by atoms with E-state index in [1.54, 1.807) is 0 Å². The van der Waals surface area contributed by atoms with Crippen LogP contribution in [-0.2, 0) is 25.6 Å². The molecule has 0 aromatic carbocycles. The molecule has 1 rings (SSSR count). The molecule has 0 aliphatic heterocycles. The first-order valence-electron chi connectivity index (χ1n) is 18.4. The molecule has 0 spiro atoms. The lowest BCUT2D eigenvalue weighted by molar-refractivity contribution is -0.145. The molecular formula is C37H68N4O4. The van der Waals surface area contributed by atoms with Crippen LogP contribution in [0.4, 0.5) is 0 Å². The Bertz CT molecular complexity index is 845. The number of unbranched alkanes of at least 4 members (excludes halogenated alkanes) is 4. The van der Waals surface area contributed by atoms with Crippen LogP contribution in [0, 0.1) is 11.8 Å². The minimum atomic E-state index is -0.0593. The molecule has 0 bridgehead atoms. The van der Waals surface area contributed by atoms with E-state index in [0.29, 0.717) is 37.9 Å². The van der Waals surface area contributed by atoms with Gasteiger partial charge in [-0.1, -0.05) is 78.4 Å². The van der Waals surface area contributed by atoms with E-state index in [1.165, 1.54) is 19.3 Å². The largest absolute Gasteiger partial charge is 0.466 e. The van der Waals surface area contributed by atoms with Crippen molar-refractivity contribution in [2.24, 2.45) is 11.8 Å². The van der Waals surface area contributed by atoms with Crippen molar-refractivity contribution in [2.45, 2.75) is 137 Å². The molecule has 1 heterocycles. The van der Waals surface area contributed by atoms with Crippen molar-refractivity contribution >= 4 is 11.9 Å². The number of hydrogen-bond donors (Lipinski definition) is 1. The van der Waals surface area contributed by atoms with Gasteiger partial charge in [0.1, 0.15) is 0 Å². The second kappa shape index (κ2) is 29.2. The van der Waals surface area contributed by atoms with Gasteiger partial charge in [0.15, 0.2) is 0 Å². The molecule has 1 N–H and O–H groups in total. The van der Waals surface area contributed by atoms with Crippen LogP contribution < -0.4 is 5.32 Å². The zero-order chi connectivity index (χ0) is 32.8. The first kappa shape index (κ1) is 40.8. The molecular weight excluding hydrogens is 564 g/mol. The Balaban J connectivity index is 2.20. The first-order valence-corrected chi connectivity index (χ1v) is 18.4. The van der Waals surface area contributed by atoms with Crippen molar-refractivity contribution in [2.75, 3.05) is 45.9 Å². The molecule has 1 aromatic rings. The third-order valence-electron chi connectivity index (χ3n) is 8.63. The fourth-order valence-corrected chi connectivity index (χ4v) is 5.53. The second-order valence-electron chi connectivity index (χ2n) is 12.5. The van der Waals surface area contributed by atoms with Gasteiger partial charge >= 0.3 is 11.9 Å². The van der Waals surface area contributed by atoms with Crippen LogP contribution in [0.1, 0.15) is 130 Å². The van der Waals surface area contributed by atoms with E-state index >= 15 is 0 Å². The highest BCUT2D eigenvalue weighted by atomic mass is 16.5. The van der Waals surface area contributed by atoms with Gasteiger partial charge in [-0.25, -0.2) is 4.98 Å². The van der Waals surface area contributed by atoms with Gasteiger partial charge in [0.25, 0.3) is 0 Å². The minimum absolute atomic E-state index is 0.0484. The molecule has 2 atom stereocenters. The zero-order valence-electron chi connectivity index (χ0n) is 29.5. The molecule has 1 aromatic heterocycles. The normalized spacial score (nSPS) is 13.0. The highest BCUT2D eigenvalue weighted by molar-refractivity contribution is 5.69. The highest BCUT2D eigenvalue weighted by Crippen LogP contribution is 2.18. The van der Waals surface area contributed by atoms with Crippen molar-refractivity contribution < 1.29 is 19.1 Å². The lowest BCUT2D eigenvalue weighted by Crippen LogP contribution is -2.34. The first-order chi connectivity index (χ1) is 22.0. The number of aromatic nitrogens is 2. The summed E-state index contributed by atoms with van der Waals surface area (Å²) >= 11 is 0. The van der Waals surface area contributed by atoms with Gasteiger partial charge in [-0.3, -0.25) is 9.59 Å². The molecule has 0 saturated heterocycles. The minimum Gasteiger partial charge on any atom is -0.466 e. The summed E-state index contributed by atoms with van der Waals surface area (Å²) in [5.74, 6) is 1.01. The lowest BCUT2D eigenvalue weighted by atomic mass is 9.94. The monoisotopic (exact) mass is 633 g/mol. The van der Waals surface area contributed by atoms with Crippen LogP contribution in [0.2, 0.25) is 0 Å². The van der Waals surface area contributed by atoms with E-state index in [9.17, 15) is 9.59 Å². The van der Waals surface area contributed by atoms with Crippen molar-refractivity contribution in [1.82, 2.24) is 19.8 Å². The number of carbonyl (C=O) groups excluding carboxylic acids is 2. The fourth-order valence-electron chi connectivity index (χ4n) is 5.53. The topological polar surface area (TPSA) is 85.7 Å². The molecule has 0 amide bonds. The Morgan fingerprint density at radius 3 is 2.24 bits per heavy atom. The summed E-state index contributed by atoms with van der Waals surface area (Å²) in [5, 5.41) is 3.54. The van der Waals surface area contributed by atoms with Crippen LogP contribution >= 0.6 is 0 Å². The zero-order valence-corrected chi connectivity index (χ0v) is 29.5. The number of imidazole rings is 1. The smallest absolute Gasteiger partial charge is 0.305 e. The van der Waals surface area contributed by atoms with Crippen LogP contribution in [0.5, 0.6) is 0 Å². The SMILES string of the molecule is CC/C=C/C(CC)CCC(=O)OCCCCCCN(CCCn1ccnc1)CCNCCCOC(=O)CCC(CC)CCCC. The summed E-state index contributed by atoms with van der Waals surface area (Å²) < 4.78 is 13.1. The number of nitrogens with one attached hydrogen (secondary N) is 1. The van der Waals surface area contributed by atoms with Gasteiger partial charge in [0.2, 0.25) is 0 Å². The van der Waals surface area contributed by atoms with Crippen molar-refractivity contribution in [3.63, 3.8) is 0 Å². The Labute approximate surface area is 276 Å². The molecule has 0 aliphatic carbocycles. The number of carbonyl (C=O) groups is 2. The third-order valence-corrected chi connectivity index (χ3v) is 8.63. The summed E-state index contributed by atoms with van der Waals surface area (Å²) in [6.45, 7) is 15.7. The van der Waals surface area contributed by atoms with Gasteiger partial charge in [0.05, 0.1) is 19.5 Å². The van der Waals surface area contributed by atoms with E-state index in [1.807, 2.05) is 18.7 Å². The second-order valence-corrected chi connectivity index (χ2v) is 12.5. The highest BCUT2D eigenvalue weighted by Gasteiger charge is 2.11. The van der Waals surface area contributed by atoms with Crippen LogP contribution in [0.3, 0.4) is 0 Å². The maximum atomic E-state index is 12.1. The standard InChI is InChI=1S/C37H68N4O4/c1-5-9-17-34(7-3)19-21-36(42)44-31-14-12-11-13-26-40(27-16-28-41-30-25-39-33-41)29-24-38-23-15-32-45-37(43)22-20-35(8-4)18-10-6-2/h9,17,25,30,33-35,38H,5-8,10-16,18-24,26-29,31-32H2,1-4H3/b17-9+. The predicted molar refractivity (Wildman–Crippen MR) is 186 cm³/mol. The third kappa shape index (κ3) is 23.8. The van der Waals surface area contributed by atoms with E-state index in [0.717, 1.165) is 110 Å². The fraction of sp³-hybridized carbons (Fsp3) is 0.811. The van der Waals surface area contributed by atoms with E-state index in [4.69, 9.17) is 9.47 Å². The summed E-state index contributed by atoms with van der Waals surface area (Å²) in [7, 11) is 0.